The summed E-state index contributed by atoms with van der Waals surface area (Å²) in [7, 11) is 3.44. The maximum atomic E-state index is 4.43. The van der Waals surface area contributed by atoms with E-state index in [4.69, 9.17) is 0 Å². The molecule has 0 amide bonds. The molecule has 7 nitrogen and oxygen atoms in total. The molecule has 130 valence electrons. The molecule has 0 aromatic carbocycles. The van der Waals surface area contributed by atoms with Crippen LogP contribution in [0.5, 0.6) is 0 Å². The number of nitrogens with zero attached hydrogens (tertiary/aromatic N) is 5. The van der Waals surface area contributed by atoms with E-state index in [-0.39, 0.29) is 0 Å². The van der Waals surface area contributed by atoms with Crippen molar-refractivity contribution in [2.75, 3.05) is 24.7 Å². The summed E-state index contributed by atoms with van der Waals surface area (Å²) in [6.07, 6.45) is 13.9. The lowest BCUT2D eigenvalue weighted by Crippen LogP contribution is -2.12. The van der Waals surface area contributed by atoms with E-state index in [0.29, 0.717) is 23.4 Å². The molecule has 1 heterocycles. The monoisotopic (exact) mass is 337 g/mol. The molecular weight excluding hydrogens is 314 g/mol. The molecule has 25 heavy (non-hydrogen) atoms. The summed E-state index contributed by atoms with van der Waals surface area (Å²) in [6, 6.07) is 0. The van der Waals surface area contributed by atoms with Crippen molar-refractivity contribution in [3.8, 4) is 0 Å². The van der Waals surface area contributed by atoms with Crippen molar-refractivity contribution in [1.29, 1.82) is 0 Å². The first kappa shape index (κ1) is 19.7. The highest BCUT2D eigenvalue weighted by atomic mass is 15.2. The van der Waals surface area contributed by atoms with Gasteiger partial charge in [0.1, 0.15) is 5.71 Å². The van der Waals surface area contributed by atoms with Crippen molar-refractivity contribution in [3.05, 3.63) is 67.3 Å². The molecular formula is C18H23N7. The van der Waals surface area contributed by atoms with Crippen molar-refractivity contribution >= 4 is 23.8 Å². The van der Waals surface area contributed by atoms with Crippen LogP contribution in [0.2, 0.25) is 0 Å². The first-order valence-corrected chi connectivity index (χ1v) is 7.62. The van der Waals surface area contributed by atoms with Gasteiger partial charge in [-0.15, -0.1) is 0 Å². The molecule has 0 radical (unpaired) electrons. The smallest absolute Gasteiger partial charge is 0.232 e. The fourth-order valence-corrected chi connectivity index (χ4v) is 1.69. The Morgan fingerprint density at radius 1 is 1.12 bits per heavy atom. The van der Waals surface area contributed by atoms with Crippen molar-refractivity contribution in [2.24, 2.45) is 9.98 Å². The van der Waals surface area contributed by atoms with Crippen LogP contribution in [0.25, 0.3) is 0 Å². The predicted molar refractivity (Wildman–Crippen MR) is 106 cm³/mol. The van der Waals surface area contributed by atoms with Gasteiger partial charge in [0, 0.05) is 32.2 Å². The maximum Gasteiger partial charge on any atom is 0.232 e. The Morgan fingerprint density at radius 3 is 2.48 bits per heavy atom. The number of hydrogen-bond donors (Lipinski definition) is 2. The van der Waals surface area contributed by atoms with Crippen LogP contribution in [0.15, 0.2) is 71.5 Å². The van der Waals surface area contributed by atoms with Crippen LogP contribution in [0.1, 0.15) is 12.7 Å². The second-order valence-electron chi connectivity index (χ2n) is 4.50. The lowest BCUT2D eigenvalue weighted by molar-refractivity contribution is 1.03. The normalized spacial score (nSPS) is 12.9. The summed E-state index contributed by atoms with van der Waals surface area (Å²) in [5, 5.41) is 6.06. The Morgan fingerprint density at radius 2 is 1.88 bits per heavy atom. The SMILES string of the molecule is C=C/C=C\C(=N/C=C)c1nc(NC)nc(NC(/C=C\C)=C/C=N\C)n1. The van der Waals surface area contributed by atoms with Crippen molar-refractivity contribution < 1.29 is 0 Å². The number of aromatic nitrogens is 3. The van der Waals surface area contributed by atoms with E-state index in [1.807, 2.05) is 25.2 Å². The average molecular weight is 337 g/mol. The van der Waals surface area contributed by atoms with Gasteiger partial charge >= 0.3 is 0 Å². The molecule has 0 atom stereocenters. The van der Waals surface area contributed by atoms with Crippen LogP contribution in [-0.2, 0) is 0 Å². The van der Waals surface area contributed by atoms with Crippen LogP contribution in [0, 0.1) is 0 Å². The van der Waals surface area contributed by atoms with Gasteiger partial charge in [-0.05, 0) is 25.2 Å². The Kier molecular flexibility index (Phi) is 8.84. The molecule has 1 rings (SSSR count). The summed E-state index contributed by atoms with van der Waals surface area (Å²) < 4.78 is 0. The fraction of sp³-hybridized carbons (Fsp3) is 0.167. The van der Waals surface area contributed by atoms with E-state index in [1.165, 1.54) is 6.20 Å². The summed E-state index contributed by atoms with van der Waals surface area (Å²) in [5.41, 5.74) is 1.33. The summed E-state index contributed by atoms with van der Waals surface area (Å²) >= 11 is 0. The number of aliphatic imine (C=N–C) groups is 2. The van der Waals surface area contributed by atoms with Gasteiger partial charge in [-0.2, -0.15) is 15.0 Å². The third-order valence-electron chi connectivity index (χ3n) is 2.71. The number of allylic oxidation sites excluding steroid dienone is 6. The highest BCUT2D eigenvalue weighted by molar-refractivity contribution is 6.06. The number of rotatable bonds is 9. The predicted octanol–water partition coefficient (Wildman–Crippen LogP) is 3.16. The molecule has 2 N–H and O–H groups in total. The van der Waals surface area contributed by atoms with Crippen molar-refractivity contribution in [3.63, 3.8) is 0 Å². The zero-order valence-corrected chi connectivity index (χ0v) is 14.8. The van der Waals surface area contributed by atoms with Gasteiger partial charge in [-0.1, -0.05) is 31.4 Å². The highest BCUT2D eigenvalue weighted by Gasteiger charge is 2.10. The minimum absolute atomic E-state index is 0.381. The topological polar surface area (TPSA) is 87.5 Å². The lowest BCUT2D eigenvalue weighted by Gasteiger charge is -2.09. The molecule has 0 aliphatic heterocycles. The fourth-order valence-electron chi connectivity index (χ4n) is 1.69. The highest BCUT2D eigenvalue weighted by Crippen LogP contribution is 2.10. The summed E-state index contributed by atoms with van der Waals surface area (Å²) in [4.78, 5) is 21.2. The Labute approximate surface area is 148 Å². The first-order valence-electron chi connectivity index (χ1n) is 7.62. The zero-order valence-electron chi connectivity index (χ0n) is 14.8. The Hall–Kier alpha value is -3.35. The summed E-state index contributed by atoms with van der Waals surface area (Å²) in [5.74, 6) is 1.20. The second kappa shape index (κ2) is 11.2. The average Bonchev–Trinajstić information content (AvgIpc) is 2.63. The van der Waals surface area contributed by atoms with Crippen LogP contribution >= 0.6 is 0 Å². The van der Waals surface area contributed by atoms with Gasteiger partial charge in [-0.25, -0.2) is 0 Å². The summed E-state index contributed by atoms with van der Waals surface area (Å²) in [6.45, 7) is 9.20. The zero-order chi connectivity index (χ0) is 18.5. The molecule has 0 aliphatic rings. The minimum Gasteiger partial charge on any atom is -0.357 e. The van der Waals surface area contributed by atoms with E-state index < -0.39 is 0 Å². The van der Waals surface area contributed by atoms with Gasteiger partial charge in [0.2, 0.25) is 11.9 Å². The molecule has 0 fully saturated rings. The van der Waals surface area contributed by atoms with E-state index in [2.05, 4.69) is 48.7 Å². The largest absolute Gasteiger partial charge is 0.357 e. The van der Waals surface area contributed by atoms with Crippen LogP contribution in [-0.4, -0.2) is 41.0 Å². The van der Waals surface area contributed by atoms with Gasteiger partial charge in [0.05, 0.1) is 0 Å². The molecule has 0 aliphatic carbocycles. The Balaban J connectivity index is 3.33. The minimum atomic E-state index is 0.381. The van der Waals surface area contributed by atoms with Crippen LogP contribution < -0.4 is 10.6 Å². The van der Waals surface area contributed by atoms with E-state index in [0.717, 1.165) is 5.70 Å². The van der Waals surface area contributed by atoms with Crippen LogP contribution in [0.3, 0.4) is 0 Å². The van der Waals surface area contributed by atoms with Crippen molar-refractivity contribution in [2.45, 2.75) is 6.92 Å². The third-order valence-corrected chi connectivity index (χ3v) is 2.71. The van der Waals surface area contributed by atoms with Gasteiger partial charge < -0.3 is 10.6 Å². The van der Waals surface area contributed by atoms with Gasteiger partial charge in [0.15, 0.2) is 5.82 Å². The molecule has 0 saturated heterocycles. The number of nitrogens with one attached hydrogen (secondary N) is 2. The molecule has 0 saturated carbocycles. The first-order chi connectivity index (χ1) is 12.2. The quantitative estimate of drug-likeness (QED) is 0.534. The van der Waals surface area contributed by atoms with E-state index in [1.54, 1.807) is 38.5 Å². The lowest BCUT2D eigenvalue weighted by atomic mass is 10.3. The van der Waals surface area contributed by atoms with Crippen molar-refractivity contribution in [1.82, 2.24) is 15.0 Å². The Bertz CT molecular complexity index is 740. The van der Waals surface area contributed by atoms with Gasteiger partial charge in [-0.3, -0.25) is 9.98 Å². The molecule has 0 spiro atoms. The molecule has 1 aromatic rings. The number of anilines is 2. The standard InChI is InChI=1S/C18H23N7/c1-6-9-11-15(21-8-3)16-23-17(20-5)25-18(24-16)22-14(10-7-2)12-13-19-4/h6-13H,1,3H2,2,4-5H3,(H2,20,22,23,24,25)/b10-7-,11-9-,14-12+,19-13-,21-15+. The molecule has 7 heteroatoms. The van der Waals surface area contributed by atoms with E-state index in [9.17, 15) is 0 Å². The maximum absolute atomic E-state index is 4.43. The van der Waals surface area contributed by atoms with Gasteiger partial charge in [0.25, 0.3) is 0 Å². The molecule has 1 aromatic heterocycles. The molecule has 0 bridgehead atoms. The van der Waals surface area contributed by atoms with E-state index >= 15 is 0 Å². The molecule has 0 unspecified atom stereocenters. The third kappa shape index (κ3) is 6.74. The number of hydrogen-bond acceptors (Lipinski definition) is 7. The second-order valence-corrected chi connectivity index (χ2v) is 4.50. The van der Waals surface area contributed by atoms with Crippen LogP contribution in [0.4, 0.5) is 11.9 Å².